The van der Waals surface area contributed by atoms with E-state index in [1.54, 1.807) is 0 Å². The second kappa shape index (κ2) is 5.37. The molecule has 0 aromatic rings. The summed E-state index contributed by atoms with van der Waals surface area (Å²) < 4.78 is 37.8. The highest BCUT2D eigenvalue weighted by atomic mass is 19.4. The topological polar surface area (TPSA) is 29.3 Å². The Kier molecular flexibility index (Phi) is 4.22. The summed E-state index contributed by atoms with van der Waals surface area (Å²) in [6, 6.07) is 0.172. The molecule has 2 rings (SSSR count). The lowest BCUT2D eigenvalue weighted by Crippen LogP contribution is -2.42. The molecule has 0 spiro atoms. The zero-order chi connectivity index (χ0) is 13.3. The Bertz CT molecular complexity index is 280. The molecule has 0 bridgehead atoms. The summed E-state index contributed by atoms with van der Waals surface area (Å²) >= 11 is 0. The summed E-state index contributed by atoms with van der Waals surface area (Å²) in [6.45, 7) is 3.70. The molecular weight excluding hydrogens is 241 g/mol. The second-order valence-corrected chi connectivity index (χ2v) is 6.13. The molecule has 0 aromatic heterocycles. The third kappa shape index (κ3) is 3.38. The van der Waals surface area contributed by atoms with Gasteiger partial charge in [0.15, 0.2) is 0 Å². The van der Waals surface area contributed by atoms with Crippen molar-refractivity contribution in [1.29, 1.82) is 0 Å². The van der Waals surface area contributed by atoms with Crippen molar-refractivity contribution in [2.24, 2.45) is 23.5 Å². The fraction of sp³-hybridized carbons (Fsp3) is 1.00. The molecule has 1 saturated carbocycles. The molecule has 106 valence electrons. The van der Waals surface area contributed by atoms with Gasteiger partial charge < -0.3 is 10.6 Å². The van der Waals surface area contributed by atoms with Crippen molar-refractivity contribution >= 4 is 0 Å². The molecule has 4 atom stereocenters. The number of alkyl halides is 3. The van der Waals surface area contributed by atoms with Crippen LogP contribution in [0.5, 0.6) is 0 Å². The van der Waals surface area contributed by atoms with Gasteiger partial charge in [-0.1, -0.05) is 6.92 Å². The fourth-order valence-electron chi connectivity index (χ4n) is 3.33. The Morgan fingerprint density at radius 3 is 2.56 bits per heavy atom. The molecule has 18 heavy (non-hydrogen) atoms. The van der Waals surface area contributed by atoms with Gasteiger partial charge >= 0.3 is 6.18 Å². The van der Waals surface area contributed by atoms with Crippen LogP contribution >= 0.6 is 0 Å². The van der Waals surface area contributed by atoms with Crippen LogP contribution in [0.3, 0.4) is 0 Å². The Morgan fingerprint density at radius 1 is 1.22 bits per heavy atom. The fourth-order valence-corrected chi connectivity index (χ4v) is 3.33. The molecule has 5 heteroatoms. The van der Waals surface area contributed by atoms with Crippen molar-refractivity contribution in [2.75, 3.05) is 19.6 Å². The van der Waals surface area contributed by atoms with Crippen molar-refractivity contribution < 1.29 is 13.2 Å². The third-order valence-corrected chi connectivity index (χ3v) is 4.53. The van der Waals surface area contributed by atoms with Crippen LogP contribution in [0, 0.1) is 17.8 Å². The molecule has 2 nitrogen and oxygen atoms in total. The number of hydrogen-bond acceptors (Lipinski definition) is 2. The number of rotatable bonds is 2. The quantitative estimate of drug-likeness (QED) is 0.830. The number of likely N-dealkylation sites (tertiary alicyclic amines) is 1. The Balaban J connectivity index is 1.84. The highest BCUT2D eigenvalue weighted by Gasteiger charge is 2.44. The lowest BCUT2D eigenvalue weighted by Gasteiger charge is -2.35. The number of nitrogens with zero attached hydrogens (tertiary/aromatic N) is 1. The van der Waals surface area contributed by atoms with Gasteiger partial charge in [-0.3, -0.25) is 0 Å². The molecule has 4 unspecified atom stereocenters. The SMILES string of the molecule is CC1CCC(N)C(CN2CCC(C(F)(F)F)C2)C1. The molecule has 1 aliphatic heterocycles. The first-order valence-corrected chi connectivity index (χ1v) is 6.91. The van der Waals surface area contributed by atoms with E-state index in [1.807, 2.05) is 4.90 Å². The standard InChI is InChI=1S/C13H23F3N2/c1-9-2-3-12(17)10(6-9)7-18-5-4-11(8-18)13(14,15)16/h9-12H,2-8,17H2,1H3. The van der Waals surface area contributed by atoms with E-state index in [1.165, 1.54) is 0 Å². The molecule has 2 N–H and O–H groups in total. The molecule has 1 heterocycles. The van der Waals surface area contributed by atoms with Crippen LogP contribution in [0.15, 0.2) is 0 Å². The van der Waals surface area contributed by atoms with Crippen molar-refractivity contribution in [2.45, 2.75) is 44.8 Å². The van der Waals surface area contributed by atoms with E-state index < -0.39 is 12.1 Å². The summed E-state index contributed by atoms with van der Waals surface area (Å²) in [4.78, 5) is 1.96. The van der Waals surface area contributed by atoms with Crippen LogP contribution in [0.1, 0.15) is 32.6 Å². The molecule has 0 amide bonds. The molecule has 2 fully saturated rings. The third-order valence-electron chi connectivity index (χ3n) is 4.53. The van der Waals surface area contributed by atoms with E-state index in [9.17, 15) is 13.2 Å². The average molecular weight is 264 g/mol. The van der Waals surface area contributed by atoms with Gasteiger partial charge in [-0.2, -0.15) is 13.2 Å². The van der Waals surface area contributed by atoms with E-state index in [2.05, 4.69) is 6.92 Å². The van der Waals surface area contributed by atoms with Crippen LogP contribution in [0.25, 0.3) is 0 Å². The number of halogens is 3. The lowest BCUT2D eigenvalue weighted by molar-refractivity contribution is -0.170. The molecule has 1 saturated heterocycles. The number of nitrogens with two attached hydrogens (primary N) is 1. The predicted molar refractivity (Wildman–Crippen MR) is 65.1 cm³/mol. The van der Waals surface area contributed by atoms with Gasteiger partial charge in [0.05, 0.1) is 5.92 Å². The predicted octanol–water partition coefficient (Wildman–Crippen LogP) is 2.63. The van der Waals surface area contributed by atoms with Crippen molar-refractivity contribution in [3.05, 3.63) is 0 Å². The van der Waals surface area contributed by atoms with Crippen LogP contribution in [-0.4, -0.2) is 36.8 Å². The van der Waals surface area contributed by atoms with Crippen molar-refractivity contribution in [1.82, 2.24) is 4.90 Å². The van der Waals surface area contributed by atoms with Crippen LogP contribution in [-0.2, 0) is 0 Å². The van der Waals surface area contributed by atoms with Gasteiger partial charge in [-0.15, -0.1) is 0 Å². The summed E-state index contributed by atoms with van der Waals surface area (Å²) in [7, 11) is 0. The van der Waals surface area contributed by atoms with E-state index in [-0.39, 0.29) is 19.0 Å². The van der Waals surface area contributed by atoms with Gasteiger partial charge in [-0.25, -0.2) is 0 Å². The van der Waals surface area contributed by atoms with E-state index in [4.69, 9.17) is 5.73 Å². The van der Waals surface area contributed by atoms with Gasteiger partial charge in [-0.05, 0) is 44.1 Å². The monoisotopic (exact) mass is 264 g/mol. The summed E-state index contributed by atoms with van der Waals surface area (Å²) in [5.74, 6) is -0.0914. The minimum absolute atomic E-state index is 0.168. The molecule has 1 aliphatic carbocycles. The summed E-state index contributed by atoms with van der Waals surface area (Å²) in [6.07, 6.45) is -0.544. The molecule has 0 radical (unpaired) electrons. The first-order valence-electron chi connectivity index (χ1n) is 6.91. The minimum atomic E-state index is -4.03. The van der Waals surface area contributed by atoms with Gasteiger partial charge in [0.25, 0.3) is 0 Å². The summed E-state index contributed by atoms with van der Waals surface area (Å²) in [5.41, 5.74) is 6.09. The zero-order valence-corrected chi connectivity index (χ0v) is 10.9. The first kappa shape index (κ1) is 14.1. The Morgan fingerprint density at radius 2 is 1.94 bits per heavy atom. The van der Waals surface area contributed by atoms with Crippen molar-refractivity contribution in [3.63, 3.8) is 0 Å². The number of hydrogen-bond donors (Lipinski definition) is 1. The summed E-state index contributed by atoms with van der Waals surface area (Å²) in [5, 5.41) is 0. The Labute approximate surface area is 107 Å². The minimum Gasteiger partial charge on any atom is -0.327 e. The average Bonchev–Trinajstić information content (AvgIpc) is 2.71. The van der Waals surface area contributed by atoms with Gasteiger partial charge in [0.1, 0.15) is 0 Å². The van der Waals surface area contributed by atoms with Crippen LogP contribution < -0.4 is 5.73 Å². The van der Waals surface area contributed by atoms with Crippen LogP contribution in [0.4, 0.5) is 13.2 Å². The van der Waals surface area contributed by atoms with Gasteiger partial charge in [0.2, 0.25) is 0 Å². The highest BCUT2D eigenvalue weighted by Crippen LogP contribution is 2.35. The maximum absolute atomic E-state index is 12.6. The first-order chi connectivity index (χ1) is 8.36. The normalized spacial score (nSPS) is 39.2. The molecular formula is C13H23F3N2. The van der Waals surface area contributed by atoms with E-state index >= 15 is 0 Å². The molecule has 2 aliphatic rings. The van der Waals surface area contributed by atoms with E-state index in [0.717, 1.165) is 25.8 Å². The Hall–Kier alpha value is -0.290. The van der Waals surface area contributed by atoms with Gasteiger partial charge in [0, 0.05) is 19.1 Å². The maximum Gasteiger partial charge on any atom is 0.393 e. The second-order valence-electron chi connectivity index (χ2n) is 6.13. The maximum atomic E-state index is 12.6. The van der Waals surface area contributed by atoms with Crippen LogP contribution in [0.2, 0.25) is 0 Å². The largest absolute Gasteiger partial charge is 0.393 e. The molecule has 0 aromatic carbocycles. The zero-order valence-electron chi connectivity index (χ0n) is 10.9. The van der Waals surface area contributed by atoms with Crippen molar-refractivity contribution in [3.8, 4) is 0 Å². The lowest BCUT2D eigenvalue weighted by atomic mass is 9.79. The van der Waals surface area contributed by atoms with E-state index in [0.29, 0.717) is 18.4 Å². The highest BCUT2D eigenvalue weighted by molar-refractivity contribution is 4.87. The smallest absolute Gasteiger partial charge is 0.327 e.